The summed E-state index contributed by atoms with van der Waals surface area (Å²) >= 11 is 0. The predicted molar refractivity (Wildman–Crippen MR) is 81.4 cm³/mol. The van der Waals surface area contributed by atoms with E-state index < -0.39 is 0 Å². The highest BCUT2D eigenvalue weighted by Gasteiger charge is 2.13. The van der Waals surface area contributed by atoms with Gasteiger partial charge in [-0.25, -0.2) is 14.4 Å². The first-order valence-corrected chi connectivity index (χ1v) is 7.06. The van der Waals surface area contributed by atoms with Crippen molar-refractivity contribution in [3.05, 3.63) is 53.3 Å². The van der Waals surface area contributed by atoms with Gasteiger partial charge in [-0.3, -0.25) is 0 Å². The van der Waals surface area contributed by atoms with E-state index in [4.69, 9.17) is 5.73 Å². The maximum absolute atomic E-state index is 13.3. The average Bonchev–Trinajstić information content (AvgIpc) is 2.95. The van der Waals surface area contributed by atoms with E-state index in [0.29, 0.717) is 22.5 Å². The Balaban J connectivity index is 1.89. The van der Waals surface area contributed by atoms with E-state index in [0.717, 1.165) is 18.4 Å². The number of nitrogens with zero attached hydrogens (tertiary/aromatic N) is 2. The number of fused-ring (bicyclic) bond motifs is 2. The van der Waals surface area contributed by atoms with E-state index in [-0.39, 0.29) is 5.82 Å². The van der Waals surface area contributed by atoms with Crippen LogP contribution >= 0.6 is 0 Å². The Bertz CT molecular complexity index is 858. The van der Waals surface area contributed by atoms with Crippen LogP contribution in [0.5, 0.6) is 0 Å². The molecule has 0 atom stereocenters. The molecule has 1 aliphatic rings. The monoisotopic (exact) mass is 279 g/mol. The number of aryl methyl sites for hydroxylation is 2. The van der Waals surface area contributed by atoms with E-state index in [1.54, 1.807) is 6.07 Å². The summed E-state index contributed by atoms with van der Waals surface area (Å²) in [6.07, 6.45) is 3.46. The molecule has 4 heteroatoms. The van der Waals surface area contributed by atoms with Gasteiger partial charge in [0.2, 0.25) is 0 Å². The summed E-state index contributed by atoms with van der Waals surface area (Å²) in [5, 5.41) is 0.555. The molecule has 0 unspecified atom stereocenters. The van der Waals surface area contributed by atoms with Crippen LogP contribution in [0.3, 0.4) is 0 Å². The predicted octanol–water partition coefficient (Wildman–Crippen LogP) is 3.51. The SMILES string of the molecule is Nc1nc(-c2ccc3c(c2)CCC3)nc2ccc(F)cc12. The number of hydrogen-bond donors (Lipinski definition) is 1. The zero-order valence-electron chi connectivity index (χ0n) is 11.4. The number of benzene rings is 2. The summed E-state index contributed by atoms with van der Waals surface area (Å²) in [5.74, 6) is 0.583. The number of hydrogen-bond acceptors (Lipinski definition) is 3. The molecule has 3 nitrogen and oxygen atoms in total. The van der Waals surface area contributed by atoms with E-state index in [1.807, 2.05) is 6.07 Å². The van der Waals surface area contributed by atoms with E-state index in [1.165, 1.54) is 29.7 Å². The molecule has 0 fully saturated rings. The van der Waals surface area contributed by atoms with Gasteiger partial charge in [0.15, 0.2) is 5.82 Å². The van der Waals surface area contributed by atoms with Crippen molar-refractivity contribution in [2.75, 3.05) is 5.73 Å². The Labute approximate surface area is 121 Å². The smallest absolute Gasteiger partial charge is 0.162 e. The lowest BCUT2D eigenvalue weighted by atomic mass is 10.1. The van der Waals surface area contributed by atoms with Crippen molar-refractivity contribution in [2.24, 2.45) is 0 Å². The molecular weight excluding hydrogens is 265 g/mol. The normalized spacial score (nSPS) is 13.6. The summed E-state index contributed by atoms with van der Waals surface area (Å²) in [7, 11) is 0. The summed E-state index contributed by atoms with van der Waals surface area (Å²) in [6.45, 7) is 0. The fourth-order valence-electron chi connectivity index (χ4n) is 2.96. The molecule has 0 aliphatic heterocycles. The van der Waals surface area contributed by atoms with Crippen molar-refractivity contribution in [1.29, 1.82) is 0 Å². The molecule has 0 saturated carbocycles. The molecule has 1 heterocycles. The second-order valence-corrected chi connectivity index (χ2v) is 5.43. The van der Waals surface area contributed by atoms with Gasteiger partial charge in [0, 0.05) is 10.9 Å². The van der Waals surface area contributed by atoms with Crippen molar-refractivity contribution in [3.8, 4) is 11.4 Å². The molecule has 0 saturated heterocycles. The fourth-order valence-corrected chi connectivity index (χ4v) is 2.96. The number of rotatable bonds is 1. The summed E-state index contributed by atoms with van der Waals surface area (Å²) in [6, 6.07) is 10.7. The quantitative estimate of drug-likeness (QED) is 0.741. The highest BCUT2D eigenvalue weighted by molar-refractivity contribution is 5.89. The zero-order valence-corrected chi connectivity index (χ0v) is 11.4. The van der Waals surface area contributed by atoms with Gasteiger partial charge >= 0.3 is 0 Å². The van der Waals surface area contributed by atoms with Gasteiger partial charge < -0.3 is 5.73 Å². The van der Waals surface area contributed by atoms with Crippen LogP contribution in [0.15, 0.2) is 36.4 Å². The minimum atomic E-state index is -0.330. The van der Waals surface area contributed by atoms with Crippen LogP contribution in [0.4, 0.5) is 10.2 Å². The second kappa shape index (κ2) is 4.52. The lowest BCUT2D eigenvalue weighted by Gasteiger charge is -2.07. The molecule has 2 aromatic carbocycles. The van der Waals surface area contributed by atoms with E-state index in [9.17, 15) is 4.39 Å². The Morgan fingerprint density at radius 2 is 1.81 bits per heavy atom. The Morgan fingerprint density at radius 1 is 0.952 bits per heavy atom. The molecule has 2 N–H and O–H groups in total. The van der Waals surface area contributed by atoms with Crippen LogP contribution in [0, 0.1) is 5.82 Å². The molecule has 0 radical (unpaired) electrons. The topological polar surface area (TPSA) is 51.8 Å². The number of aromatic nitrogens is 2. The molecule has 0 spiro atoms. The molecule has 4 rings (SSSR count). The van der Waals surface area contributed by atoms with Gasteiger partial charge in [-0.05, 0) is 54.7 Å². The largest absolute Gasteiger partial charge is 0.383 e. The third kappa shape index (κ3) is 2.03. The van der Waals surface area contributed by atoms with Crippen molar-refractivity contribution < 1.29 is 4.39 Å². The lowest BCUT2D eigenvalue weighted by molar-refractivity contribution is 0.629. The van der Waals surface area contributed by atoms with Gasteiger partial charge in [0.1, 0.15) is 11.6 Å². The summed E-state index contributed by atoms with van der Waals surface area (Å²) in [5.41, 5.74) is 10.4. The minimum absolute atomic E-state index is 0.315. The average molecular weight is 279 g/mol. The van der Waals surface area contributed by atoms with Crippen LogP contribution in [-0.2, 0) is 12.8 Å². The highest BCUT2D eigenvalue weighted by Crippen LogP contribution is 2.28. The van der Waals surface area contributed by atoms with Crippen molar-refractivity contribution in [3.63, 3.8) is 0 Å². The van der Waals surface area contributed by atoms with Crippen molar-refractivity contribution in [1.82, 2.24) is 9.97 Å². The Kier molecular flexibility index (Phi) is 2.64. The first kappa shape index (κ1) is 12.3. The van der Waals surface area contributed by atoms with Crippen LogP contribution < -0.4 is 5.73 Å². The Hall–Kier alpha value is -2.49. The van der Waals surface area contributed by atoms with Crippen LogP contribution in [0.25, 0.3) is 22.3 Å². The van der Waals surface area contributed by atoms with Crippen molar-refractivity contribution in [2.45, 2.75) is 19.3 Å². The lowest BCUT2D eigenvalue weighted by Crippen LogP contribution is -1.98. The van der Waals surface area contributed by atoms with E-state index >= 15 is 0 Å². The molecule has 104 valence electrons. The van der Waals surface area contributed by atoms with Gasteiger partial charge in [0.05, 0.1) is 5.52 Å². The van der Waals surface area contributed by atoms with Crippen LogP contribution in [0.1, 0.15) is 17.5 Å². The zero-order chi connectivity index (χ0) is 14.4. The first-order valence-electron chi connectivity index (χ1n) is 7.06. The number of anilines is 1. The molecule has 3 aromatic rings. The van der Waals surface area contributed by atoms with E-state index in [2.05, 4.69) is 22.1 Å². The number of nitrogen functional groups attached to an aromatic ring is 1. The first-order chi connectivity index (χ1) is 10.2. The second-order valence-electron chi connectivity index (χ2n) is 5.43. The minimum Gasteiger partial charge on any atom is -0.383 e. The number of halogens is 1. The molecule has 21 heavy (non-hydrogen) atoms. The molecule has 0 amide bonds. The van der Waals surface area contributed by atoms with Gasteiger partial charge in [-0.2, -0.15) is 0 Å². The van der Waals surface area contributed by atoms with Gasteiger partial charge in [0.25, 0.3) is 0 Å². The third-order valence-corrected chi connectivity index (χ3v) is 4.04. The van der Waals surface area contributed by atoms with Gasteiger partial charge in [-0.1, -0.05) is 12.1 Å². The summed E-state index contributed by atoms with van der Waals surface area (Å²) < 4.78 is 13.3. The number of nitrogens with two attached hydrogens (primary N) is 1. The standard InChI is InChI=1S/C17H14FN3/c18-13-6-7-15-14(9-13)16(19)21-17(20-15)12-5-4-10-2-1-3-11(10)8-12/h4-9H,1-3H2,(H2,19,20,21). The molecule has 1 aromatic heterocycles. The molecular formula is C17H14FN3. The molecule has 1 aliphatic carbocycles. The third-order valence-electron chi connectivity index (χ3n) is 4.04. The Morgan fingerprint density at radius 3 is 2.71 bits per heavy atom. The fraction of sp³-hybridized carbons (Fsp3) is 0.176. The van der Waals surface area contributed by atoms with Crippen molar-refractivity contribution >= 4 is 16.7 Å². The van der Waals surface area contributed by atoms with Crippen LogP contribution in [0.2, 0.25) is 0 Å². The maximum Gasteiger partial charge on any atom is 0.162 e. The summed E-state index contributed by atoms with van der Waals surface area (Å²) in [4.78, 5) is 8.85. The van der Waals surface area contributed by atoms with Crippen LogP contribution in [-0.4, -0.2) is 9.97 Å². The molecule has 0 bridgehead atoms. The van der Waals surface area contributed by atoms with Gasteiger partial charge in [-0.15, -0.1) is 0 Å². The maximum atomic E-state index is 13.3. The highest BCUT2D eigenvalue weighted by atomic mass is 19.1.